The number of hydrogen-bond acceptors (Lipinski definition) is 4. The fourth-order valence-electron chi connectivity index (χ4n) is 1.92. The molecule has 1 aromatic carbocycles. The largest absolute Gasteiger partial charge is 0.310 e. The highest BCUT2D eigenvalue weighted by Crippen LogP contribution is 2.09. The van der Waals surface area contributed by atoms with E-state index in [9.17, 15) is 9.18 Å². The van der Waals surface area contributed by atoms with E-state index < -0.39 is 0 Å². The fourth-order valence-corrected chi connectivity index (χ4v) is 1.92. The molecule has 0 saturated carbocycles. The average molecular weight is 297 g/mol. The zero-order chi connectivity index (χ0) is 15.4. The molecule has 0 radical (unpaired) electrons. The van der Waals surface area contributed by atoms with Crippen LogP contribution in [0.5, 0.6) is 0 Å². The quantitative estimate of drug-likeness (QED) is 0.799. The molecule has 0 bridgehead atoms. The zero-order valence-corrected chi connectivity index (χ0v) is 11.5. The van der Waals surface area contributed by atoms with Crippen LogP contribution < -0.4 is 5.32 Å². The van der Waals surface area contributed by atoms with Gasteiger partial charge in [-0.05, 0) is 23.8 Å². The summed E-state index contributed by atoms with van der Waals surface area (Å²) in [6.07, 6.45) is 4.87. The average Bonchev–Trinajstić information content (AvgIpc) is 3.04. The first-order valence-corrected chi connectivity index (χ1v) is 6.57. The smallest absolute Gasteiger partial charge is 0.229 e. The molecular weight excluding hydrogens is 285 g/mol. The number of benzene rings is 1. The first-order valence-electron chi connectivity index (χ1n) is 6.57. The highest BCUT2D eigenvalue weighted by atomic mass is 19.1. The van der Waals surface area contributed by atoms with Crippen molar-refractivity contribution in [1.29, 1.82) is 0 Å². The maximum absolute atomic E-state index is 12.8. The first-order chi connectivity index (χ1) is 10.7. The second-order valence-electron chi connectivity index (χ2n) is 4.56. The minimum atomic E-state index is -0.330. The molecule has 2 heterocycles. The van der Waals surface area contributed by atoms with Crippen molar-refractivity contribution in [3.63, 3.8) is 0 Å². The molecule has 0 aliphatic rings. The van der Waals surface area contributed by atoms with Gasteiger partial charge < -0.3 is 5.32 Å². The molecule has 0 aliphatic heterocycles. The Bertz CT molecular complexity index is 771. The van der Waals surface area contributed by atoms with Gasteiger partial charge in [0.25, 0.3) is 0 Å². The molecule has 22 heavy (non-hydrogen) atoms. The first kappa shape index (κ1) is 13.9. The van der Waals surface area contributed by atoms with Gasteiger partial charge in [-0.2, -0.15) is 5.10 Å². The van der Waals surface area contributed by atoms with Crippen LogP contribution in [0.3, 0.4) is 0 Å². The van der Waals surface area contributed by atoms with E-state index in [-0.39, 0.29) is 18.1 Å². The Morgan fingerprint density at radius 2 is 2.05 bits per heavy atom. The normalized spacial score (nSPS) is 10.4. The van der Waals surface area contributed by atoms with Crippen LogP contribution in [0, 0.1) is 5.82 Å². The molecule has 2 aromatic heterocycles. The van der Waals surface area contributed by atoms with Gasteiger partial charge >= 0.3 is 0 Å². The van der Waals surface area contributed by atoms with Gasteiger partial charge in [0.15, 0.2) is 5.82 Å². The molecule has 0 aliphatic carbocycles. The maximum atomic E-state index is 12.8. The topological polar surface area (TPSA) is 72.7 Å². The molecule has 0 spiro atoms. The Morgan fingerprint density at radius 3 is 2.77 bits per heavy atom. The van der Waals surface area contributed by atoms with Crippen LogP contribution in [0.15, 0.2) is 55.1 Å². The molecule has 1 amide bonds. The van der Waals surface area contributed by atoms with Crippen molar-refractivity contribution in [2.45, 2.75) is 6.42 Å². The Labute approximate surface area is 125 Å². The summed E-state index contributed by atoms with van der Waals surface area (Å²) in [5.74, 6) is 0.366. The molecule has 0 atom stereocenters. The summed E-state index contributed by atoms with van der Waals surface area (Å²) < 4.78 is 14.4. The molecule has 0 fully saturated rings. The fraction of sp³-hybridized carbons (Fsp3) is 0.0667. The van der Waals surface area contributed by atoms with E-state index in [1.807, 2.05) is 0 Å². The van der Waals surface area contributed by atoms with Crippen molar-refractivity contribution >= 4 is 11.7 Å². The number of halogens is 1. The third-order valence-electron chi connectivity index (χ3n) is 2.94. The summed E-state index contributed by atoms with van der Waals surface area (Å²) >= 11 is 0. The van der Waals surface area contributed by atoms with Gasteiger partial charge in [0.1, 0.15) is 18.0 Å². The van der Waals surface area contributed by atoms with Crippen molar-refractivity contribution in [3.05, 3.63) is 66.5 Å². The molecule has 0 unspecified atom stereocenters. The minimum absolute atomic E-state index is 0.140. The SMILES string of the molecule is O=C(Cc1ccc(F)cc1)Nc1cc(-n2cccn2)ncn1. The molecular formula is C15H12FN5O. The van der Waals surface area contributed by atoms with Gasteiger partial charge in [0, 0.05) is 18.5 Å². The van der Waals surface area contributed by atoms with E-state index in [0.717, 1.165) is 5.56 Å². The highest BCUT2D eigenvalue weighted by Gasteiger charge is 2.07. The van der Waals surface area contributed by atoms with Gasteiger partial charge in [0.2, 0.25) is 5.91 Å². The van der Waals surface area contributed by atoms with Gasteiger partial charge in [0.05, 0.1) is 6.42 Å². The summed E-state index contributed by atoms with van der Waals surface area (Å²) in [7, 11) is 0. The van der Waals surface area contributed by atoms with E-state index in [4.69, 9.17) is 0 Å². The highest BCUT2D eigenvalue weighted by molar-refractivity contribution is 5.91. The summed E-state index contributed by atoms with van der Waals surface area (Å²) in [6.45, 7) is 0. The van der Waals surface area contributed by atoms with Crippen molar-refractivity contribution in [2.75, 3.05) is 5.32 Å². The van der Waals surface area contributed by atoms with Gasteiger partial charge in [-0.25, -0.2) is 19.0 Å². The number of nitrogens with one attached hydrogen (secondary N) is 1. The van der Waals surface area contributed by atoms with Crippen LogP contribution in [0.4, 0.5) is 10.2 Å². The molecule has 0 saturated heterocycles. The van der Waals surface area contributed by atoms with E-state index in [1.54, 1.807) is 41.3 Å². The van der Waals surface area contributed by atoms with Crippen molar-refractivity contribution in [2.24, 2.45) is 0 Å². The monoisotopic (exact) mass is 297 g/mol. The molecule has 110 valence electrons. The van der Waals surface area contributed by atoms with Gasteiger partial charge in [-0.3, -0.25) is 4.79 Å². The third-order valence-corrected chi connectivity index (χ3v) is 2.94. The third kappa shape index (κ3) is 3.32. The Kier molecular flexibility index (Phi) is 3.86. The zero-order valence-electron chi connectivity index (χ0n) is 11.5. The number of hydrogen-bond donors (Lipinski definition) is 1. The summed E-state index contributed by atoms with van der Waals surface area (Å²) in [6, 6.07) is 9.19. The lowest BCUT2D eigenvalue weighted by Gasteiger charge is -2.06. The van der Waals surface area contributed by atoms with Crippen molar-refractivity contribution in [3.8, 4) is 5.82 Å². The Balaban J connectivity index is 1.69. The lowest BCUT2D eigenvalue weighted by molar-refractivity contribution is -0.115. The predicted molar refractivity (Wildman–Crippen MR) is 77.9 cm³/mol. The Morgan fingerprint density at radius 1 is 1.23 bits per heavy atom. The molecule has 1 N–H and O–H groups in total. The van der Waals surface area contributed by atoms with Crippen molar-refractivity contribution in [1.82, 2.24) is 19.7 Å². The van der Waals surface area contributed by atoms with Crippen LogP contribution >= 0.6 is 0 Å². The lowest BCUT2D eigenvalue weighted by atomic mass is 10.1. The number of amides is 1. The second-order valence-corrected chi connectivity index (χ2v) is 4.56. The summed E-state index contributed by atoms with van der Waals surface area (Å²) in [4.78, 5) is 20.1. The number of carbonyl (C=O) groups is 1. The summed E-state index contributed by atoms with van der Waals surface area (Å²) in [5, 5.41) is 6.74. The van der Waals surface area contributed by atoms with Crippen molar-refractivity contribution < 1.29 is 9.18 Å². The number of nitrogens with zero attached hydrogens (tertiary/aromatic N) is 4. The number of anilines is 1. The van der Waals surface area contributed by atoms with Crippen LogP contribution in [-0.4, -0.2) is 25.7 Å². The van der Waals surface area contributed by atoms with E-state index in [1.165, 1.54) is 18.5 Å². The number of rotatable bonds is 4. The van der Waals surface area contributed by atoms with Crippen LogP contribution in [0.2, 0.25) is 0 Å². The molecule has 6 nitrogen and oxygen atoms in total. The van der Waals surface area contributed by atoms with E-state index >= 15 is 0 Å². The minimum Gasteiger partial charge on any atom is -0.310 e. The standard InChI is InChI=1S/C15H12FN5O/c16-12-4-2-11(3-5-12)8-15(22)20-13-9-14(18-10-17-13)21-7-1-6-19-21/h1-7,9-10H,8H2,(H,17,18,20,22). The molecule has 3 aromatic rings. The number of carbonyl (C=O) groups excluding carboxylic acids is 1. The second kappa shape index (κ2) is 6.13. The predicted octanol–water partition coefficient (Wildman–Crippen LogP) is 1.98. The molecule has 3 rings (SSSR count). The molecule has 7 heteroatoms. The maximum Gasteiger partial charge on any atom is 0.229 e. The van der Waals surface area contributed by atoms with E-state index in [2.05, 4.69) is 20.4 Å². The van der Waals surface area contributed by atoms with Crippen LogP contribution in [-0.2, 0) is 11.2 Å². The van der Waals surface area contributed by atoms with Gasteiger partial charge in [-0.15, -0.1) is 0 Å². The van der Waals surface area contributed by atoms with Crippen LogP contribution in [0.1, 0.15) is 5.56 Å². The van der Waals surface area contributed by atoms with E-state index in [0.29, 0.717) is 11.6 Å². The summed E-state index contributed by atoms with van der Waals surface area (Å²) in [5.41, 5.74) is 0.722. The van der Waals surface area contributed by atoms with Crippen LogP contribution in [0.25, 0.3) is 5.82 Å². The van der Waals surface area contributed by atoms with Gasteiger partial charge in [-0.1, -0.05) is 12.1 Å². The lowest BCUT2D eigenvalue weighted by Crippen LogP contribution is -2.16. The Hall–Kier alpha value is -3.09. The number of aromatic nitrogens is 4.